The fourth-order valence-corrected chi connectivity index (χ4v) is 2.88. The molecule has 0 aromatic heterocycles. The number of nitro benzene ring substituents is 2. The van der Waals surface area contributed by atoms with E-state index in [0.717, 1.165) is 19.2 Å². The monoisotopic (exact) mass is 579 g/mol. The summed E-state index contributed by atoms with van der Waals surface area (Å²) in [4.78, 5) is 42.7. The van der Waals surface area contributed by atoms with E-state index < -0.39 is 39.3 Å². The van der Waals surface area contributed by atoms with Gasteiger partial charge in [-0.3, -0.25) is 25.0 Å². The molecule has 0 amide bonds. The van der Waals surface area contributed by atoms with E-state index in [2.05, 4.69) is 46.7 Å². The van der Waals surface area contributed by atoms with Crippen LogP contribution in [0.3, 0.4) is 0 Å². The zero-order valence-electron chi connectivity index (χ0n) is 16.5. The number of hydrogen-bond acceptors (Lipinski definition) is 9. The molecule has 0 fully saturated rings. The normalized spacial score (nSPS) is 10.8. The van der Waals surface area contributed by atoms with Gasteiger partial charge in [0, 0.05) is 21.1 Å². The maximum Gasteiger partial charge on any atom is 0.328 e. The summed E-state index contributed by atoms with van der Waals surface area (Å²) in [5.41, 5.74) is -0.640. The van der Waals surface area contributed by atoms with Gasteiger partial charge in [-0.15, -0.1) is 0 Å². The Hall–Kier alpha value is -3.13. The van der Waals surface area contributed by atoms with E-state index in [4.69, 9.17) is 0 Å². The number of carbonyl (C=O) groups excluding carboxylic acids is 2. The summed E-state index contributed by atoms with van der Waals surface area (Å²) in [7, 11) is 2.34. The molecule has 11 nitrogen and oxygen atoms in total. The Morgan fingerprint density at radius 3 is 2.00 bits per heavy atom. The Morgan fingerprint density at radius 1 is 1.00 bits per heavy atom. The molecule has 0 saturated heterocycles. The number of nitrogens with one attached hydrogen (secondary N) is 1. The van der Waals surface area contributed by atoms with Gasteiger partial charge in [-0.1, -0.05) is 31.9 Å². The molecular formula is C18H16Br2FN3O8. The molecule has 2 aromatic carbocycles. The highest BCUT2D eigenvalue weighted by atomic mass is 79.9. The molecule has 2 rings (SSSR count). The summed E-state index contributed by atoms with van der Waals surface area (Å²) in [6, 6.07) is 6.70. The lowest BCUT2D eigenvalue weighted by atomic mass is 10.2. The molecule has 0 heterocycles. The minimum atomic E-state index is -1.09. The second kappa shape index (κ2) is 12.7. The SMILES string of the molecule is COC(=O)C[C@H](Nc1cc(Br)ccc1[N+](=O)[O-])C(=O)OC.O=[N+]([O-])c1ccc(Br)cc1F. The van der Waals surface area contributed by atoms with Gasteiger partial charge in [0.15, 0.2) is 0 Å². The molecule has 14 heteroatoms. The average molecular weight is 581 g/mol. The Morgan fingerprint density at radius 2 is 1.53 bits per heavy atom. The first-order valence-electron chi connectivity index (χ1n) is 8.44. The number of anilines is 1. The third kappa shape index (κ3) is 8.19. The van der Waals surface area contributed by atoms with E-state index in [1.165, 1.54) is 31.4 Å². The Labute approximate surface area is 197 Å². The first-order valence-corrected chi connectivity index (χ1v) is 10.0. The lowest BCUT2D eigenvalue weighted by Gasteiger charge is -2.16. The number of methoxy groups -OCH3 is 2. The predicted molar refractivity (Wildman–Crippen MR) is 118 cm³/mol. The molecule has 0 aliphatic heterocycles. The van der Waals surface area contributed by atoms with E-state index in [9.17, 15) is 34.2 Å². The molecule has 2 aromatic rings. The van der Waals surface area contributed by atoms with Gasteiger partial charge in [-0.2, -0.15) is 4.39 Å². The maximum atomic E-state index is 12.6. The molecule has 1 N–H and O–H groups in total. The van der Waals surface area contributed by atoms with Crippen LogP contribution < -0.4 is 5.32 Å². The number of hydrogen-bond donors (Lipinski definition) is 1. The van der Waals surface area contributed by atoms with Crippen molar-refractivity contribution in [3.63, 3.8) is 0 Å². The molecular weight excluding hydrogens is 565 g/mol. The summed E-state index contributed by atoms with van der Waals surface area (Å²) in [6.45, 7) is 0. The van der Waals surface area contributed by atoms with Crippen LogP contribution in [0.15, 0.2) is 45.3 Å². The summed E-state index contributed by atoms with van der Waals surface area (Å²) < 4.78 is 22.8. The topological polar surface area (TPSA) is 151 Å². The molecule has 32 heavy (non-hydrogen) atoms. The van der Waals surface area contributed by atoms with Crippen molar-refractivity contribution >= 4 is 60.9 Å². The van der Waals surface area contributed by atoms with Crippen LogP contribution in [0.4, 0.5) is 21.5 Å². The number of rotatable bonds is 7. The smallest absolute Gasteiger partial charge is 0.328 e. The van der Waals surface area contributed by atoms with Gasteiger partial charge in [0.1, 0.15) is 11.7 Å². The van der Waals surface area contributed by atoms with Gasteiger partial charge in [0.05, 0.1) is 30.5 Å². The number of esters is 2. The fourth-order valence-electron chi connectivity index (χ4n) is 2.19. The van der Waals surface area contributed by atoms with Gasteiger partial charge >= 0.3 is 17.6 Å². The van der Waals surface area contributed by atoms with Gasteiger partial charge in [0.25, 0.3) is 5.69 Å². The highest BCUT2D eigenvalue weighted by Gasteiger charge is 2.26. The molecule has 0 radical (unpaired) electrons. The second-order valence-corrected chi connectivity index (χ2v) is 7.60. The number of ether oxygens (including phenoxy) is 2. The average Bonchev–Trinajstić information content (AvgIpc) is 2.72. The van der Waals surface area contributed by atoms with Crippen LogP contribution in [0.5, 0.6) is 0 Å². The summed E-state index contributed by atoms with van der Waals surface area (Å²) in [5.74, 6) is -2.20. The minimum Gasteiger partial charge on any atom is -0.469 e. The molecule has 0 aliphatic carbocycles. The second-order valence-electron chi connectivity index (χ2n) is 5.77. The molecule has 0 saturated carbocycles. The van der Waals surface area contributed by atoms with E-state index >= 15 is 0 Å². The quantitative estimate of drug-likeness (QED) is 0.286. The van der Waals surface area contributed by atoms with Crippen molar-refractivity contribution < 1.29 is 33.3 Å². The van der Waals surface area contributed by atoms with Crippen LogP contribution in [-0.2, 0) is 19.1 Å². The Bertz CT molecular complexity index is 1020. The number of halogens is 3. The summed E-state index contributed by atoms with van der Waals surface area (Å²) >= 11 is 6.17. The van der Waals surface area contributed by atoms with Gasteiger partial charge in [-0.25, -0.2) is 4.79 Å². The summed E-state index contributed by atoms with van der Waals surface area (Å²) in [6.07, 6.45) is -0.313. The lowest BCUT2D eigenvalue weighted by molar-refractivity contribution is -0.387. The lowest BCUT2D eigenvalue weighted by Crippen LogP contribution is -2.33. The van der Waals surface area contributed by atoms with Crippen LogP contribution >= 0.6 is 31.9 Å². The largest absolute Gasteiger partial charge is 0.469 e. The highest BCUT2D eigenvalue weighted by Crippen LogP contribution is 2.29. The third-order valence-electron chi connectivity index (χ3n) is 3.68. The molecule has 1 atom stereocenters. The molecule has 0 bridgehead atoms. The molecule has 0 unspecified atom stereocenters. The van der Waals surface area contributed by atoms with Crippen molar-refractivity contribution in [3.05, 3.63) is 71.4 Å². The van der Waals surface area contributed by atoms with Gasteiger partial charge < -0.3 is 14.8 Å². The van der Waals surface area contributed by atoms with E-state index in [0.29, 0.717) is 8.95 Å². The zero-order chi connectivity index (χ0) is 24.4. The van der Waals surface area contributed by atoms with E-state index in [1.807, 2.05) is 0 Å². The van der Waals surface area contributed by atoms with Crippen molar-refractivity contribution in [1.29, 1.82) is 0 Å². The van der Waals surface area contributed by atoms with E-state index in [-0.39, 0.29) is 17.8 Å². The number of nitrogens with zero attached hydrogens (tertiary/aromatic N) is 2. The van der Waals surface area contributed by atoms with Crippen LogP contribution in [0, 0.1) is 26.0 Å². The Kier molecular flexibility index (Phi) is 10.6. The number of nitro groups is 2. The van der Waals surface area contributed by atoms with Gasteiger partial charge in [0.2, 0.25) is 5.82 Å². The minimum absolute atomic E-state index is 0.0914. The van der Waals surface area contributed by atoms with Crippen molar-refractivity contribution in [2.24, 2.45) is 0 Å². The zero-order valence-corrected chi connectivity index (χ0v) is 19.7. The highest BCUT2D eigenvalue weighted by molar-refractivity contribution is 9.10. The molecule has 0 spiro atoms. The first kappa shape index (κ1) is 26.9. The van der Waals surface area contributed by atoms with Gasteiger partial charge in [-0.05, 0) is 24.3 Å². The van der Waals surface area contributed by atoms with Crippen LogP contribution in [0.25, 0.3) is 0 Å². The molecule has 0 aliphatic rings. The van der Waals surface area contributed by atoms with E-state index in [1.54, 1.807) is 0 Å². The van der Waals surface area contributed by atoms with Crippen LogP contribution in [0.2, 0.25) is 0 Å². The van der Waals surface area contributed by atoms with Crippen LogP contribution in [-0.4, -0.2) is 42.0 Å². The van der Waals surface area contributed by atoms with Crippen molar-refractivity contribution in [2.45, 2.75) is 12.5 Å². The van der Waals surface area contributed by atoms with Crippen molar-refractivity contribution in [3.8, 4) is 0 Å². The molecule has 172 valence electrons. The standard InChI is InChI=1S/C12H13BrN2O6.C6H3BrFNO2/c1-20-11(16)6-9(12(17)21-2)14-8-5-7(13)3-4-10(8)15(18)19;7-4-1-2-6(9(10)11)5(8)3-4/h3-5,9,14H,6H2,1-2H3;1-3H/t9-;/m0./s1. The fraction of sp³-hybridized carbons (Fsp3) is 0.222. The predicted octanol–water partition coefficient (Wildman–Crippen LogP) is 4.37. The maximum absolute atomic E-state index is 12.6. The number of benzene rings is 2. The van der Waals surface area contributed by atoms with Crippen molar-refractivity contribution in [1.82, 2.24) is 0 Å². The Balaban J connectivity index is 0.000000389. The first-order chi connectivity index (χ1) is 15.0. The number of carbonyl (C=O) groups is 2. The van der Waals surface area contributed by atoms with Crippen LogP contribution in [0.1, 0.15) is 6.42 Å². The van der Waals surface area contributed by atoms with Crippen molar-refractivity contribution in [2.75, 3.05) is 19.5 Å². The summed E-state index contributed by atoms with van der Waals surface area (Å²) in [5, 5.41) is 23.7. The third-order valence-corrected chi connectivity index (χ3v) is 4.66.